The maximum atomic E-state index is 5.08. The molecular weight excluding hydrogens is 200 g/mol. The van der Waals surface area contributed by atoms with Gasteiger partial charge in [0, 0.05) is 6.04 Å². The first-order valence-electron chi connectivity index (χ1n) is 6.08. The Morgan fingerprint density at radius 1 is 1.50 bits per heavy atom. The van der Waals surface area contributed by atoms with Crippen molar-refractivity contribution in [1.29, 1.82) is 0 Å². The molecule has 1 atom stereocenters. The van der Waals surface area contributed by atoms with Crippen molar-refractivity contribution in [2.75, 3.05) is 12.4 Å². The number of methoxy groups -OCH3 is 1. The highest BCUT2D eigenvalue weighted by Crippen LogP contribution is 2.34. The van der Waals surface area contributed by atoms with Gasteiger partial charge in [-0.2, -0.15) is 0 Å². The zero-order valence-corrected chi connectivity index (χ0v) is 10.1. The van der Waals surface area contributed by atoms with Crippen molar-refractivity contribution in [3.63, 3.8) is 0 Å². The van der Waals surface area contributed by atoms with Crippen LogP contribution in [0.5, 0.6) is 5.75 Å². The van der Waals surface area contributed by atoms with Gasteiger partial charge in [-0.1, -0.05) is 19.8 Å². The third kappa shape index (κ3) is 3.12. The third-order valence-corrected chi connectivity index (χ3v) is 3.13. The van der Waals surface area contributed by atoms with Crippen LogP contribution >= 0.6 is 0 Å². The van der Waals surface area contributed by atoms with Crippen molar-refractivity contribution in [1.82, 2.24) is 4.98 Å². The molecule has 1 unspecified atom stereocenters. The minimum Gasteiger partial charge on any atom is -0.495 e. The Balaban J connectivity index is 1.89. The van der Waals surface area contributed by atoms with Gasteiger partial charge >= 0.3 is 0 Å². The van der Waals surface area contributed by atoms with Gasteiger partial charge in [-0.25, -0.2) is 4.98 Å². The van der Waals surface area contributed by atoms with Crippen LogP contribution in [0.15, 0.2) is 18.3 Å². The highest BCUT2D eigenvalue weighted by molar-refractivity contribution is 5.38. The van der Waals surface area contributed by atoms with Crippen molar-refractivity contribution in [3.05, 3.63) is 18.3 Å². The molecule has 0 aliphatic heterocycles. The molecule has 88 valence electrons. The molecule has 0 amide bonds. The van der Waals surface area contributed by atoms with Crippen molar-refractivity contribution >= 4 is 5.82 Å². The van der Waals surface area contributed by atoms with E-state index in [0.29, 0.717) is 6.04 Å². The SMILES string of the molecule is CCC(CC1CC1)Nc1ccc(OC)cn1. The average Bonchev–Trinajstić information content (AvgIpc) is 3.13. The molecule has 0 aromatic carbocycles. The van der Waals surface area contributed by atoms with Gasteiger partial charge in [0.2, 0.25) is 0 Å². The van der Waals surface area contributed by atoms with E-state index < -0.39 is 0 Å². The topological polar surface area (TPSA) is 34.1 Å². The monoisotopic (exact) mass is 220 g/mol. The maximum absolute atomic E-state index is 5.08. The normalized spacial score (nSPS) is 16.9. The van der Waals surface area contributed by atoms with Gasteiger partial charge in [-0.15, -0.1) is 0 Å². The second-order valence-corrected chi connectivity index (χ2v) is 4.51. The summed E-state index contributed by atoms with van der Waals surface area (Å²) < 4.78 is 5.08. The summed E-state index contributed by atoms with van der Waals surface area (Å²) in [5.41, 5.74) is 0. The Morgan fingerprint density at radius 2 is 2.31 bits per heavy atom. The van der Waals surface area contributed by atoms with E-state index in [1.807, 2.05) is 12.1 Å². The second-order valence-electron chi connectivity index (χ2n) is 4.51. The summed E-state index contributed by atoms with van der Waals surface area (Å²) in [5, 5.41) is 3.48. The van der Waals surface area contributed by atoms with Crippen LogP contribution in [0.25, 0.3) is 0 Å². The fourth-order valence-corrected chi connectivity index (χ4v) is 1.88. The van der Waals surface area contributed by atoms with Crippen molar-refractivity contribution in [2.24, 2.45) is 5.92 Å². The molecule has 1 aliphatic carbocycles. The highest BCUT2D eigenvalue weighted by Gasteiger charge is 2.24. The summed E-state index contributed by atoms with van der Waals surface area (Å²) >= 11 is 0. The number of hydrogen-bond acceptors (Lipinski definition) is 3. The van der Waals surface area contributed by atoms with Crippen LogP contribution in [-0.2, 0) is 0 Å². The van der Waals surface area contributed by atoms with Gasteiger partial charge in [0.05, 0.1) is 13.3 Å². The molecule has 0 bridgehead atoms. The molecule has 1 aromatic heterocycles. The number of hydrogen-bond donors (Lipinski definition) is 1. The molecule has 1 aliphatic rings. The molecule has 3 nitrogen and oxygen atoms in total. The van der Waals surface area contributed by atoms with E-state index >= 15 is 0 Å². The number of pyridine rings is 1. The Hall–Kier alpha value is -1.25. The number of rotatable bonds is 6. The van der Waals surface area contributed by atoms with E-state index in [4.69, 9.17) is 4.74 Å². The summed E-state index contributed by atoms with van der Waals surface area (Å²) in [6, 6.07) is 4.49. The Bertz CT molecular complexity index is 319. The zero-order valence-electron chi connectivity index (χ0n) is 10.1. The van der Waals surface area contributed by atoms with Crippen LogP contribution in [0.3, 0.4) is 0 Å². The van der Waals surface area contributed by atoms with Gasteiger partial charge in [-0.05, 0) is 30.9 Å². The largest absolute Gasteiger partial charge is 0.495 e. The van der Waals surface area contributed by atoms with Crippen LogP contribution in [0, 0.1) is 5.92 Å². The molecular formula is C13H20N2O. The van der Waals surface area contributed by atoms with Crippen LogP contribution in [0.1, 0.15) is 32.6 Å². The Kier molecular flexibility index (Phi) is 3.65. The van der Waals surface area contributed by atoms with Gasteiger partial charge in [0.25, 0.3) is 0 Å². The lowest BCUT2D eigenvalue weighted by atomic mass is 10.1. The molecule has 16 heavy (non-hydrogen) atoms. The molecule has 0 spiro atoms. The number of aromatic nitrogens is 1. The highest BCUT2D eigenvalue weighted by atomic mass is 16.5. The first-order valence-corrected chi connectivity index (χ1v) is 6.08. The fourth-order valence-electron chi connectivity index (χ4n) is 1.88. The van der Waals surface area contributed by atoms with Gasteiger partial charge < -0.3 is 10.1 Å². The Labute approximate surface area is 97.2 Å². The molecule has 1 N–H and O–H groups in total. The van der Waals surface area contributed by atoms with E-state index in [2.05, 4.69) is 17.2 Å². The summed E-state index contributed by atoms with van der Waals surface area (Å²) in [7, 11) is 1.66. The molecule has 1 heterocycles. The number of anilines is 1. The predicted octanol–water partition coefficient (Wildman–Crippen LogP) is 3.08. The minimum absolute atomic E-state index is 0.563. The van der Waals surface area contributed by atoms with Crippen LogP contribution < -0.4 is 10.1 Å². The fraction of sp³-hybridized carbons (Fsp3) is 0.615. The minimum atomic E-state index is 0.563. The van der Waals surface area contributed by atoms with E-state index in [1.165, 1.54) is 19.3 Å². The molecule has 1 aromatic rings. The first kappa shape index (κ1) is 11.2. The number of nitrogens with zero attached hydrogens (tertiary/aromatic N) is 1. The smallest absolute Gasteiger partial charge is 0.137 e. The third-order valence-electron chi connectivity index (χ3n) is 3.13. The molecule has 0 radical (unpaired) electrons. The second kappa shape index (κ2) is 5.19. The quantitative estimate of drug-likeness (QED) is 0.800. The first-order chi connectivity index (χ1) is 7.81. The van der Waals surface area contributed by atoms with Gasteiger partial charge in [-0.3, -0.25) is 0 Å². The average molecular weight is 220 g/mol. The lowest BCUT2D eigenvalue weighted by Crippen LogP contribution is -2.19. The summed E-state index contributed by atoms with van der Waals surface area (Å²) in [6.07, 6.45) is 7.02. The van der Waals surface area contributed by atoms with E-state index in [-0.39, 0.29) is 0 Å². The van der Waals surface area contributed by atoms with Gasteiger partial charge in [0.1, 0.15) is 11.6 Å². The standard InChI is InChI=1S/C13H20N2O/c1-3-11(8-10-4-5-10)15-13-7-6-12(16-2)9-14-13/h6-7,9-11H,3-5,8H2,1-2H3,(H,14,15). The van der Waals surface area contributed by atoms with Crippen molar-refractivity contribution in [2.45, 2.75) is 38.6 Å². The zero-order chi connectivity index (χ0) is 11.4. The van der Waals surface area contributed by atoms with E-state index in [1.54, 1.807) is 13.3 Å². The van der Waals surface area contributed by atoms with Crippen LogP contribution in [0.2, 0.25) is 0 Å². The summed E-state index contributed by atoms with van der Waals surface area (Å²) in [4.78, 5) is 4.33. The van der Waals surface area contributed by atoms with Gasteiger partial charge in [0.15, 0.2) is 0 Å². The molecule has 0 saturated heterocycles. The molecule has 3 heteroatoms. The number of ether oxygens (including phenoxy) is 1. The van der Waals surface area contributed by atoms with Crippen molar-refractivity contribution in [3.8, 4) is 5.75 Å². The predicted molar refractivity (Wildman–Crippen MR) is 65.8 cm³/mol. The maximum Gasteiger partial charge on any atom is 0.137 e. The van der Waals surface area contributed by atoms with Crippen LogP contribution in [-0.4, -0.2) is 18.1 Å². The molecule has 1 saturated carbocycles. The number of nitrogens with one attached hydrogen (secondary N) is 1. The summed E-state index contributed by atoms with van der Waals surface area (Å²) in [6.45, 7) is 2.23. The lowest BCUT2D eigenvalue weighted by molar-refractivity contribution is 0.413. The Morgan fingerprint density at radius 3 is 2.81 bits per heavy atom. The van der Waals surface area contributed by atoms with E-state index in [9.17, 15) is 0 Å². The lowest BCUT2D eigenvalue weighted by Gasteiger charge is -2.17. The molecule has 1 fully saturated rings. The van der Waals surface area contributed by atoms with E-state index in [0.717, 1.165) is 23.9 Å². The molecule has 2 rings (SSSR count). The summed E-state index contributed by atoms with van der Waals surface area (Å²) in [5.74, 6) is 2.71. The van der Waals surface area contributed by atoms with Crippen molar-refractivity contribution < 1.29 is 4.74 Å². The van der Waals surface area contributed by atoms with Crippen LogP contribution in [0.4, 0.5) is 5.82 Å².